The van der Waals surface area contributed by atoms with Gasteiger partial charge >= 0.3 is 5.97 Å². The highest BCUT2D eigenvalue weighted by Crippen LogP contribution is 2.40. The van der Waals surface area contributed by atoms with Crippen molar-refractivity contribution in [2.75, 3.05) is 17.7 Å². The van der Waals surface area contributed by atoms with Gasteiger partial charge in [0.25, 0.3) is 17.4 Å². The lowest BCUT2D eigenvalue weighted by molar-refractivity contribution is -0.143. The molecule has 2 aromatic rings. The number of rotatable bonds is 3. The normalized spacial score (nSPS) is 20.0. The molecule has 1 aromatic heterocycles. The third kappa shape index (κ3) is 3.36. The van der Waals surface area contributed by atoms with Crippen LogP contribution >= 0.6 is 22.9 Å². The molecule has 0 spiro atoms. The number of thiophene rings is 1. The summed E-state index contributed by atoms with van der Waals surface area (Å²) >= 11 is 7.30. The number of amides is 2. The molecule has 2 heterocycles. The van der Waals surface area contributed by atoms with Gasteiger partial charge in [-0.25, -0.2) is 4.79 Å². The number of anilines is 2. The molecule has 0 saturated carbocycles. The number of carbonyl (C=O) groups is 3. The van der Waals surface area contributed by atoms with Gasteiger partial charge in [-0.3, -0.25) is 9.59 Å². The first-order valence-electron chi connectivity index (χ1n) is 9.18. The van der Waals surface area contributed by atoms with Crippen LogP contribution in [0.4, 0.5) is 10.7 Å². The van der Waals surface area contributed by atoms with E-state index >= 15 is 0 Å². The molecule has 2 amide bonds. The zero-order chi connectivity index (χ0) is 20.8. The van der Waals surface area contributed by atoms with E-state index < -0.39 is 23.4 Å². The second-order valence-electron chi connectivity index (χ2n) is 7.09. The fourth-order valence-corrected chi connectivity index (χ4v) is 4.99. The number of fused-ring (bicyclic) bond motifs is 2. The second-order valence-corrected chi connectivity index (χ2v) is 8.63. The number of benzene rings is 1. The van der Waals surface area contributed by atoms with Gasteiger partial charge in [0, 0.05) is 9.90 Å². The minimum Gasteiger partial charge on any atom is -0.466 e. The largest absolute Gasteiger partial charge is 0.466 e. The number of halogens is 1. The van der Waals surface area contributed by atoms with Gasteiger partial charge in [0.1, 0.15) is 10.8 Å². The number of nitrogens with one attached hydrogen (secondary N) is 2. The Morgan fingerprint density at radius 2 is 2.07 bits per heavy atom. The number of aryl methyl sites for hydroxylation is 1. The van der Waals surface area contributed by atoms with Gasteiger partial charge in [-0.2, -0.15) is 0 Å². The fourth-order valence-electron chi connectivity index (χ4n) is 3.54. The summed E-state index contributed by atoms with van der Waals surface area (Å²) in [5.41, 5.74) is -0.122. The Morgan fingerprint density at radius 3 is 2.83 bits per heavy atom. The van der Waals surface area contributed by atoms with E-state index in [1.165, 1.54) is 25.4 Å². The summed E-state index contributed by atoms with van der Waals surface area (Å²) in [6, 6.07) is 4.75. The Balaban J connectivity index is 1.66. The topological polar surface area (TPSA) is 93.7 Å². The van der Waals surface area contributed by atoms with Crippen LogP contribution in [0, 0.1) is 0 Å². The van der Waals surface area contributed by atoms with Crippen molar-refractivity contribution in [3.8, 4) is 5.75 Å². The summed E-state index contributed by atoms with van der Waals surface area (Å²) in [5, 5.41) is 6.21. The molecule has 0 fully saturated rings. The molecule has 0 bridgehead atoms. The molecule has 1 aliphatic heterocycles. The Kier molecular flexibility index (Phi) is 5.00. The van der Waals surface area contributed by atoms with Crippen molar-refractivity contribution in [3.63, 3.8) is 0 Å². The molecule has 29 heavy (non-hydrogen) atoms. The predicted octanol–water partition coefficient (Wildman–Crippen LogP) is 3.80. The lowest BCUT2D eigenvalue weighted by atomic mass is 9.95. The highest BCUT2D eigenvalue weighted by Gasteiger charge is 2.48. The minimum atomic E-state index is -1.81. The average molecular weight is 435 g/mol. The first kappa shape index (κ1) is 19.7. The zero-order valence-electron chi connectivity index (χ0n) is 15.9. The molecule has 152 valence electrons. The Labute approximate surface area is 176 Å². The van der Waals surface area contributed by atoms with Crippen LogP contribution in [0.3, 0.4) is 0 Å². The monoisotopic (exact) mass is 434 g/mol. The van der Waals surface area contributed by atoms with Gasteiger partial charge in [0.15, 0.2) is 0 Å². The van der Waals surface area contributed by atoms with E-state index in [0.717, 1.165) is 36.1 Å². The average Bonchev–Trinajstić information content (AvgIpc) is 3.06. The predicted molar refractivity (Wildman–Crippen MR) is 110 cm³/mol. The number of ether oxygens (including phenoxy) is 2. The Hall–Kier alpha value is -2.58. The molecule has 0 saturated heterocycles. The van der Waals surface area contributed by atoms with Gasteiger partial charge in [-0.05, 0) is 56.4 Å². The van der Waals surface area contributed by atoms with E-state index in [0.29, 0.717) is 27.0 Å². The van der Waals surface area contributed by atoms with E-state index in [-0.39, 0.29) is 0 Å². The molecule has 1 unspecified atom stereocenters. The van der Waals surface area contributed by atoms with Crippen LogP contribution in [0.25, 0.3) is 0 Å². The molecule has 0 radical (unpaired) electrons. The highest BCUT2D eigenvalue weighted by atomic mass is 35.5. The zero-order valence-corrected chi connectivity index (χ0v) is 17.5. The van der Waals surface area contributed by atoms with E-state index in [1.807, 2.05) is 0 Å². The maximum Gasteiger partial charge on any atom is 0.341 e. The van der Waals surface area contributed by atoms with E-state index in [1.54, 1.807) is 18.2 Å². The first-order chi connectivity index (χ1) is 13.8. The van der Waals surface area contributed by atoms with E-state index in [9.17, 15) is 14.4 Å². The number of methoxy groups -OCH3 is 1. The molecule has 2 aliphatic rings. The molecule has 4 rings (SSSR count). The van der Waals surface area contributed by atoms with Crippen LogP contribution in [-0.4, -0.2) is 30.5 Å². The van der Waals surface area contributed by atoms with Crippen molar-refractivity contribution in [1.29, 1.82) is 0 Å². The SMILES string of the molecule is COC(=O)c1c(NC(=O)C2(C)Oc3ccc(Cl)cc3NC2=O)sc2c1CCCC2. The summed E-state index contributed by atoms with van der Waals surface area (Å²) in [6.07, 6.45) is 3.62. The second kappa shape index (κ2) is 7.35. The quantitative estimate of drug-likeness (QED) is 0.566. The van der Waals surface area contributed by atoms with Crippen molar-refractivity contribution < 1.29 is 23.9 Å². The van der Waals surface area contributed by atoms with Crippen LogP contribution in [0.15, 0.2) is 18.2 Å². The summed E-state index contributed by atoms with van der Waals surface area (Å²) in [5.74, 6) is -1.45. The lowest BCUT2D eigenvalue weighted by Gasteiger charge is -2.33. The van der Waals surface area contributed by atoms with Crippen molar-refractivity contribution in [2.45, 2.75) is 38.2 Å². The van der Waals surface area contributed by atoms with Gasteiger partial charge in [0.05, 0.1) is 18.4 Å². The Morgan fingerprint density at radius 1 is 1.31 bits per heavy atom. The smallest absolute Gasteiger partial charge is 0.341 e. The van der Waals surface area contributed by atoms with Crippen molar-refractivity contribution in [1.82, 2.24) is 0 Å². The molecular formula is C20H19ClN2O5S. The van der Waals surface area contributed by atoms with Gasteiger partial charge in [-0.1, -0.05) is 11.6 Å². The number of esters is 1. The van der Waals surface area contributed by atoms with Gasteiger partial charge in [-0.15, -0.1) is 11.3 Å². The number of hydrogen-bond donors (Lipinski definition) is 2. The fraction of sp³-hybridized carbons (Fsp3) is 0.350. The van der Waals surface area contributed by atoms with Crippen molar-refractivity contribution in [3.05, 3.63) is 39.2 Å². The maximum absolute atomic E-state index is 13.1. The highest BCUT2D eigenvalue weighted by molar-refractivity contribution is 7.17. The summed E-state index contributed by atoms with van der Waals surface area (Å²) in [4.78, 5) is 39.2. The molecule has 1 aromatic carbocycles. The van der Waals surface area contributed by atoms with Gasteiger partial charge < -0.3 is 20.1 Å². The van der Waals surface area contributed by atoms with Crippen LogP contribution < -0.4 is 15.4 Å². The van der Waals surface area contributed by atoms with Crippen LogP contribution in [0.1, 0.15) is 40.6 Å². The standard InChI is InChI=1S/C20H19ClN2O5S/c1-20(18(25)22-12-9-10(21)7-8-13(12)28-20)19(26)23-16-15(17(24)27-2)11-5-3-4-6-14(11)29-16/h7-9H,3-6H2,1-2H3,(H,22,25)(H,23,26). The maximum atomic E-state index is 13.1. The van der Waals surface area contributed by atoms with Crippen molar-refractivity contribution in [2.24, 2.45) is 0 Å². The molecule has 1 atom stereocenters. The van der Waals surface area contributed by atoms with Crippen molar-refractivity contribution >= 4 is 51.4 Å². The number of hydrogen-bond acceptors (Lipinski definition) is 6. The third-order valence-electron chi connectivity index (χ3n) is 5.16. The summed E-state index contributed by atoms with van der Waals surface area (Å²) in [6.45, 7) is 1.39. The van der Waals surface area contributed by atoms with E-state index in [4.69, 9.17) is 21.1 Å². The molecule has 7 nitrogen and oxygen atoms in total. The lowest BCUT2D eigenvalue weighted by Crippen LogP contribution is -2.56. The van der Waals surface area contributed by atoms with Crippen LogP contribution in [0.2, 0.25) is 5.02 Å². The first-order valence-corrected chi connectivity index (χ1v) is 10.4. The minimum absolute atomic E-state index is 0.338. The Bertz CT molecular complexity index is 1030. The molecular weight excluding hydrogens is 416 g/mol. The summed E-state index contributed by atoms with van der Waals surface area (Å²) in [7, 11) is 1.31. The van der Waals surface area contributed by atoms with Crippen LogP contribution in [0.5, 0.6) is 5.75 Å². The van der Waals surface area contributed by atoms with Crippen LogP contribution in [-0.2, 0) is 27.2 Å². The van der Waals surface area contributed by atoms with E-state index in [2.05, 4.69) is 10.6 Å². The number of carbonyl (C=O) groups excluding carboxylic acids is 3. The molecule has 1 aliphatic carbocycles. The third-order valence-corrected chi connectivity index (χ3v) is 6.60. The summed E-state index contributed by atoms with van der Waals surface area (Å²) < 4.78 is 10.7. The molecule has 9 heteroatoms. The van der Waals surface area contributed by atoms with Gasteiger partial charge in [0.2, 0.25) is 0 Å². The molecule has 2 N–H and O–H groups in total.